The zero-order chi connectivity index (χ0) is 41.0. The molecule has 0 saturated heterocycles. The van der Waals surface area contributed by atoms with Crippen molar-refractivity contribution in [1.29, 1.82) is 0 Å². The van der Waals surface area contributed by atoms with E-state index in [1.54, 1.807) is 0 Å². The number of hydrogen-bond acceptors (Lipinski definition) is 2. The highest BCUT2D eigenvalue weighted by atomic mass is 32.1. The molecule has 0 amide bonds. The van der Waals surface area contributed by atoms with Crippen LogP contribution >= 0.6 is 11.3 Å². The summed E-state index contributed by atoms with van der Waals surface area (Å²) in [6.07, 6.45) is 0. The normalized spacial score (nSPS) is 11.5. The summed E-state index contributed by atoms with van der Waals surface area (Å²) in [5.74, 6) is 0. The van der Waals surface area contributed by atoms with Gasteiger partial charge in [0.1, 0.15) is 0 Å². The van der Waals surface area contributed by atoms with Gasteiger partial charge in [-0.05, 0) is 131 Å². The summed E-state index contributed by atoms with van der Waals surface area (Å²) in [5.41, 5.74) is 13.0. The molecule has 0 unspecified atom stereocenters. The predicted octanol–water partition coefficient (Wildman–Crippen LogP) is 17.7. The minimum absolute atomic E-state index is 1.10. The van der Waals surface area contributed by atoms with Crippen LogP contribution in [0.3, 0.4) is 0 Å². The van der Waals surface area contributed by atoms with Crippen LogP contribution < -0.4 is 4.90 Å². The summed E-state index contributed by atoms with van der Waals surface area (Å²) < 4.78 is 2.57. The van der Waals surface area contributed by atoms with Gasteiger partial charge in [-0.3, -0.25) is 0 Å². The molecule has 1 aromatic heterocycles. The molecule has 0 radical (unpaired) electrons. The minimum atomic E-state index is 1.10. The van der Waals surface area contributed by atoms with Gasteiger partial charge in [0.25, 0.3) is 0 Å². The lowest BCUT2D eigenvalue weighted by Gasteiger charge is -2.28. The molecule has 11 aromatic carbocycles. The average Bonchev–Trinajstić information content (AvgIpc) is 3.72. The van der Waals surface area contributed by atoms with Gasteiger partial charge in [0.15, 0.2) is 0 Å². The molecule has 0 N–H and O–H groups in total. The van der Waals surface area contributed by atoms with E-state index in [0.29, 0.717) is 0 Å². The summed E-state index contributed by atoms with van der Waals surface area (Å²) >= 11 is 1.87. The number of thiophene rings is 1. The van der Waals surface area contributed by atoms with Crippen LogP contribution in [-0.4, -0.2) is 0 Å². The van der Waals surface area contributed by atoms with Crippen LogP contribution in [0.1, 0.15) is 0 Å². The van der Waals surface area contributed by atoms with Crippen molar-refractivity contribution in [2.45, 2.75) is 0 Å². The first-order valence-corrected chi connectivity index (χ1v) is 22.1. The fourth-order valence-electron chi connectivity index (χ4n) is 9.44. The van der Waals surface area contributed by atoms with Crippen molar-refractivity contribution in [3.05, 3.63) is 237 Å². The van der Waals surface area contributed by atoms with Crippen molar-refractivity contribution in [3.63, 3.8) is 0 Å². The maximum absolute atomic E-state index is 2.46. The molecule has 62 heavy (non-hydrogen) atoms. The molecule has 0 aliphatic heterocycles. The number of rotatable bonds is 7. The maximum Gasteiger partial charge on any atom is 0.0554 e. The molecule has 12 aromatic rings. The highest BCUT2D eigenvalue weighted by Crippen LogP contribution is 2.47. The monoisotopic (exact) mass is 805 g/mol. The summed E-state index contributed by atoms with van der Waals surface area (Å²) in [6, 6.07) is 86.7. The molecule has 0 aliphatic carbocycles. The first kappa shape index (κ1) is 36.1. The van der Waals surface area contributed by atoms with Crippen LogP contribution in [0.15, 0.2) is 237 Å². The third kappa shape index (κ3) is 6.24. The van der Waals surface area contributed by atoms with Gasteiger partial charge < -0.3 is 4.90 Å². The maximum atomic E-state index is 2.46. The van der Waals surface area contributed by atoms with E-state index in [1.807, 2.05) is 11.3 Å². The first-order valence-electron chi connectivity index (χ1n) is 21.2. The van der Waals surface area contributed by atoms with Crippen LogP contribution in [0.2, 0.25) is 0 Å². The molecule has 12 rings (SSSR count). The zero-order valence-corrected chi connectivity index (χ0v) is 34.7. The van der Waals surface area contributed by atoms with Gasteiger partial charge in [0.2, 0.25) is 0 Å². The predicted molar refractivity (Wildman–Crippen MR) is 268 cm³/mol. The second-order valence-electron chi connectivity index (χ2n) is 16.1. The molecule has 2 heteroatoms. The SMILES string of the molecule is c1ccc(-c2ccc(N(c3ccc(-c4ccc(-c5cc6ccccc6c6ccccc56)cc4)cc3)c3cccc4sc5cc6ccccc6cc5c34)cc2-c2ccccc2)cc1. The lowest BCUT2D eigenvalue weighted by Crippen LogP contribution is -2.10. The van der Waals surface area contributed by atoms with E-state index in [9.17, 15) is 0 Å². The highest BCUT2D eigenvalue weighted by molar-refractivity contribution is 7.26. The quantitative estimate of drug-likeness (QED) is 0.145. The molecule has 0 fully saturated rings. The van der Waals surface area contributed by atoms with E-state index in [2.05, 4.69) is 241 Å². The number of fused-ring (bicyclic) bond motifs is 7. The number of benzene rings is 11. The second kappa shape index (κ2) is 15.0. The van der Waals surface area contributed by atoms with Gasteiger partial charge in [-0.2, -0.15) is 0 Å². The fraction of sp³-hybridized carbons (Fsp3) is 0. The average molecular weight is 806 g/mol. The van der Waals surface area contributed by atoms with Gasteiger partial charge in [-0.25, -0.2) is 0 Å². The van der Waals surface area contributed by atoms with E-state index in [0.717, 1.165) is 17.1 Å². The lowest BCUT2D eigenvalue weighted by molar-refractivity contribution is 1.30. The highest BCUT2D eigenvalue weighted by Gasteiger charge is 2.21. The Kier molecular flexibility index (Phi) is 8.76. The van der Waals surface area contributed by atoms with E-state index >= 15 is 0 Å². The Morgan fingerprint density at radius 1 is 0.274 bits per heavy atom. The number of nitrogens with zero attached hydrogens (tertiary/aromatic N) is 1. The van der Waals surface area contributed by atoms with Gasteiger partial charge in [-0.15, -0.1) is 11.3 Å². The standard InChI is InChI=1S/C60H39NS/c1-3-14-42(15-4-1)51-35-34-49(39-55(51)43-16-5-2-6-17-43)61(57-24-13-25-58-60(57)56-36-45-18-7-8-19-46(45)38-59(56)62-58)48-32-30-41(31-33-48)40-26-28-44(29-27-40)54-37-47-20-9-10-21-50(47)52-22-11-12-23-53(52)54/h1-39H. The van der Waals surface area contributed by atoms with Crippen LogP contribution in [0.25, 0.3) is 97.0 Å². The van der Waals surface area contributed by atoms with Crippen molar-refractivity contribution in [2.75, 3.05) is 4.90 Å². The fourth-order valence-corrected chi connectivity index (χ4v) is 10.6. The second-order valence-corrected chi connectivity index (χ2v) is 17.1. The molecule has 0 spiro atoms. The Bertz CT molecular complexity index is 3610. The van der Waals surface area contributed by atoms with Gasteiger partial charge >= 0.3 is 0 Å². The third-order valence-electron chi connectivity index (χ3n) is 12.4. The Morgan fingerprint density at radius 2 is 0.823 bits per heavy atom. The van der Waals surface area contributed by atoms with Crippen LogP contribution in [0, 0.1) is 0 Å². The first-order chi connectivity index (χ1) is 30.7. The van der Waals surface area contributed by atoms with Crippen LogP contribution in [0.5, 0.6) is 0 Å². The molecule has 0 saturated carbocycles. The van der Waals surface area contributed by atoms with Crippen LogP contribution in [-0.2, 0) is 0 Å². The molecule has 0 bridgehead atoms. The van der Waals surface area contributed by atoms with Crippen molar-refractivity contribution in [3.8, 4) is 44.5 Å². The largest absolute Gasteiger partial charge is 0.310 e. The van der Waals surface area contributed by atoms with E-state index in [4.69, 9.17) is 0 Å². The molecule has 290 valence electrons. The smallest absolute Gasteiger partial charge is 0.0554 e. The van der Waals surface area contributed by atoms with Crippen molar-refractivity contribution >= 4 is 80.9 Å². The Morgan fingerprint density at radius 3 is 1.55 bits per heavy atom. The van der Waals surface area contributed by atoms with Crippen LogP contribution in [0.4, 0.5) is 17.1 Å². The Hall–Kier alpha value is -7.78. The summed E-state index contributed by atoms with van der Waals surface area (Å²) in [4.78, 5) is 2.46. The van der Waals surface area contributed by atoms with Crippen molar-refractivity contribution < 1.29 is 0 Å². The van der Waals surface area contributed by atoms with Gasteiger partial charge in [0, 0.05) is 31.5 Å². The number of anilines is 3. The topological polar surface area (TPSA) is 3.24 Å². The molecule has 0 atom stereocenters. The third-order valence-corrected chi connectivity index (χ3v) is 13.6. The van der Waals surface area contributed by atoms with Crippen molar-refractivity contribution in [2.24, 2.45) is 0 Å². The molecule has 1 nitrogen and oxygen atoms in total. The van der Waals surface area contributed by atoms with Gasteiger partial charge in [0.05, 0.1) is 5.69 Å². The van der Waals surface area contributed by atoms with Gasteiger partial charge in [-0.1, -0.05) is 182 Å². The minimum Gasteiger partial charge on any atom is -0.310 e. The zero-order valence-electron chi connectivity index (χ0n) is 33.9. The number of hydrogen-bond donors (Lipinski definition) is 0. The molecule has 0 aliphatic rings. The van der Waals surface area contributed by atoms with E-state index < -0.39 is 0 Å². The molecule has 1 heterocycles. The van der Waals surface area contributed by atoms with Crippen molar-refractivity contribution in [1.82, 2.24) is 0 Å². The molecular weight excluding hydrogens is 767 g/mol. The lowest BCUT2D eigenvalue weighted by atomic mass is 9.92. The molecular formula is C60H39NS. The summed E-state index contributed by atoms with van der Waals surface area (Å²) in [6.45, 7) is 0. The van der Waals surface area contributed by atoms with E-state index in [-0.39, 0.29) is 0 Å². The Labute approximate surface area is 365 Å². The summed E-state index contributed by atoms with van der Waals surface area (Å²) in [7, 11) is 0. The van der Waals surface area contributed by atoms with E-state index in [1.165, 1.54) is 97.0 Å². The summed E-state index contributed by atoms with van der Waals surface area (Å²) in [5, 5.41) is 10.2. The Balaban J connectivity index is 1.00.